The average molecular weight is 283 g/mol. The van der Waals surface area contributed by atoms with Crippen molar-refractivity contribution < 1.29 is 14.6 Å². The average Bonchev–Trinajstić information content (AvgIpc) is 2.87. The Balaban J connectivity index is 1.60. The number of ether oxygens (including phenoxy) is 1. The number of carbonyl (C=O) groups excluding carboxylic acids is 1. The van der Waals surface area contributed by atoms with Gasteiger partial charge in [0.1, 0.15) is 0 Å². The lowest BCUT2D eigenvalue weighted by molar-refractivity contribution is -0.124. The number of thiophene rings is 1. The standard InChI is InChI=1S/C14H21NO3S/c1-2-18-12-5-10(6-12)7-14(17)15-8-13(16)11-3-4-19-9-11/h3-4,9-10,12-13,16H,2,5-8H2,1H3,(H,15,17). The Hall–Kier alpha value is -0.910. The van der Waals surface area contributed by atoms with Crippen molar-refractivity contribution in [1.29, 1.82) is 0 Å². The zero-order chi connectivity index (χ0) is 13.7. The highest BCUT2D eigenvalue weighted by Crippen LogP contribution is 2.32. The van der Waals surface area contributed by atoms with E-state index in [4.69, 9.17) is 4.74 Å². The number of rotatable bonds is 7. The predicted molar refractivity (Wildman–Crippen MR) is 75.0 cm³/mol. The van der Waals surface area contributed by atoms with Crippen molar-refractivity contribution >= 4 is 17.2 Å². The number of nitrogens with one attached hydrogen (secondary N) is 1. The normalized spacial score (nSPS) is 23.7. The summed E-state index contributed by atoms with van der Waals surface area (Å²) in [6, 6.07) is 1.88. The first-order valence-electron chi connectivity index (χ1n) is 6.77. The molecule has 1 heterocycles. The molecule has 0 aliphatic heterocycles. The molecule has 1 amide bonds. The van der Waals surface area contributed by atoms with Crippen LogP contribution in [0.1, 0.15) is 37.9 Å². The minimum Gasteiger partial charge on any atom is -0.387 e. The summed E-state index contributed by atoms with van der Waals surface area (Å²) in [6.07, 6.45) is 2.25. The zero-order valence-electron chi connectivity index (χ0n) is 11.2. The SMILES string of the molecule is CCOC1CC(CC(=O)NCC(O)c2ccsc2)C1. The number of carbonyl (C=O) groups is 1. The molecule has 1 fully saturated rings. The molecule has 1 aliphatic rings. The highest BCUT2D eigenvalue weighted by Gasteiger charge is 2.31. The van der Waals surface area contributed by atoms with Crippen molar-refractivity contribution in [3.63, 3.8) is 0 Å². The van der Waals surface area contributed by atoms with E-state index < -0.39 is 6.10 Å². The summed E-state index contributed by atoms with van der Waals surface area (Å²) in [4.78, 5) is 11.7. The van der Waals surface area contributed by atoms with Crippen molar-refractivity contribution in [1.82, 2.24) is 5.32 Å². The molecule has 1 aromatic heterocycles. The van der Waals surface area contributed by atoms with Crippen LogP contribution in [-0.2, 0) is 9.53 Å². The topological polar surface area (TPSA) is 58.6 Å². The van der Waals surface area contributed by atoms with Gasteiger partial charge >= 0.3 is 0 Å². The van der Waals surface area contributed by atoms with Gasteiger partial charge in [0.05, 0.1) is 12.2 Å². The Morgan fingerprint density at radius 3 is 3.05 bits per heavy atom. The van der Waals surface area contributed by atoms with Crippen LogP contribution in [0.3, 0.4) is 0 Å². The lowest BCUT2D eigenvalue weighted by Crippen LogP contribution is -2.36. The van der Waals surface area contributed by atoms with Gasteiger partial charge in [0.25, 0.3) is 0 Å². The molecular weight excluding hydrogens is 262 g/mol. The van der Waals surface area contributed by atoms with Crippen LogP contribution >= 0.6 is 11.3 Å². The third-order valence-electron chi connectivity index (χ3n) is 3.49. The summed E-state index contributed by atoms with van der Waals surface area (Å²) in [5.74, 6) is 0.462. The minimum atomic E-state index is -0.604. The molecule has 1 aromatic rings. The molecule has 1 saturated carbocycles. The molecule has 0 radical (unpaired) electrons. The van der Waals surface area contributed by atoms with E-state index in [-0.39, 0.29) is 12.5 Å². The molecule has 0 spiro atoms. The molecule has 5 heteroatoms. The maximum absolute atomic E-state index is 11.7. The van der Waals surface area contributed by atoms with E-state index in [0.29, 0.717) is 18.4 Å². The number of aliphatic hydroxyl groups is 1. The largest absolute Gasteiger partial charge is 0.387 e. The van der Waals surface area contributed by atoms with Crippen molar-refractivity contribution in [2.75, 3.05) is 13.2 Å². The van der Waals surface area contributed by atoms with Gasteiger partial charge in [-0.15, -0.1) is 0 Å². The van der Waals surface area contributed by atoms with Gasteiger partial charge in [-0.05, 0) is 48.1 Å². The summed E-state index contributed by atoms with van der Waals surface area (Å²) in [7, 11) is 0. The van der Waals surface area contributed by atoms with Crippen LogP contribution in [0, 0.1) is 5.92 Å². The Bertz CT molecular complexity index is 387. The lowest BCUT2D eigenvalue weighted by Gasteiger charge is -2.34. The summed E-state index contributed by atoms with van der Waals surface area (Å²) in [5, 5.41) is 16.5. The second-order valence-electron chi connectivity index (χ2n) is 5.00. The molecule has 0 aromatic carbocycles. The van der Waals surface area contributed by atoms with Crippen molar-refractivity contribution in [2.24, 2.45) is 5.92 Å². The quantitative estimate of drug-likeness (QED) is 0.805. The molecule has 2 rings (SSSR count). The fourth-order valence-corrected chi connectivity index (χ4v) is 3.05. The molecule has 2 N–H and O–H groups in total. The van der Waals surface area contributed by atoms with Gasteiger partial charge in [-0.2, -0.15) is 11.3 Å². The monoisotopic (exact) mass is 283 g/mol. The summed E-state index contributed by atoms with van der Waals surface area (Å²) in [6.45, 7) is 3.03. The fourth-order valence-electron chi connectivity index (χ4n) is 2.34. The van der Waals surface area contributed by atoms with Crippen LogP contribution in [0.5, 0.6) is 0 Å². The molecule has 1 atom stereocenters. The van der Waals surface area contributed by atoms with Crippen molar-refractivity contribution in [2.45, 2.75) is 38.4 Å². The molecule has 0 bridgehead atoms. The highest BCUT2D eigenvalue weighted by atomic mass is 32.1. The Morgan fingerprint density at radius 2 is 2.42 bits per heavy atom. The minimum absolute atomic E-state index is 0.0224. The van der Waals surface area contributed by atoms with Gasteiger partial charge < -0.3 is 15.2 Å². The molecular formula is C14H21NO3S. The van der Waals surface area contributed by atoms with Gasteiger partial charge in [-0.25, -0.2) is 0 Å². The van der Waals surface area contributed by atoms with Crippen LogP contribution < -0.4 is 5.32 Å². The van der Waals surface area contributed by atoms with Gasteiger partial charge in [0, 0.05) is 19.6 Å². The van der Waals surface area contributed by atoms with Crippen LogP contribution in [0.25, 0.3) is 0 Å². The van der Waals surface area contributed by atoms with Crippen LogP contribution in [0.4, 0.5) is 0 Å². The maximum atomic E-state index is 11.7. The van der Waals surface area contributed by atoms with Crippen molar-refractivity contribution in [3.05, 3.63) is 22.4 Å². The van der Waals surface area contributed by atoms with Crippen LogP contribution in [0.15, 0.2) is 16.8 Å². The summed E-state index contributed by atoms with van der Waals surface area (Å²) in [5.41, 5.74) is 0.866. The highest BCUT2D eigenvalue weighted by molar-refractivity contribution is 7.07. The second-order valence-corrected chi connectivity index (χ2v) is 5.78. The van der Waals surface area contributed by atoms with E-state index in [1.807, 2.05) is 23.8 Å². The maximum Gasteiger partial charge on any atom is 0.220 e. The molecule has 1 aliphatic carbocycles. The Kier molecular flexibility index (Phi) is 5.36. The van der Waals surface area contributed by atoms with Crippen LogP contribution in [-0.4, -0.2) is 30.3 Å². The van der Waals surface area contributed by atoms with E-state index in [9.17, 15) is 9.90 Å². The first-order chi connectivity index (χ1) is 9.19. The third-order valence-corrected chi connectivity index (χ3v) is 4.19. The number of amides is 1. The first-order valence-corrected chi connectivity index (χ1v) is 7.71. The molecule has 1 unspecified atom stereocenters. The number of hydrogen-bond acceptors (Lipinski definition) is 4. The van der Waals surface area contributed by atoms with Gasteiger partial charge in [-0.3, -0.25) is 4.79 Å². The van der Waals surface area contributed by atoms with Crippen molar-refractivity contribution in [3.8, 4) is 0 Å². The fraction of sp³-hybridized carbons (Fsp3) is 0.643. The summed E-state index contributed by atoms with van der Waals surface area (Å²) >= 11 is 1.54. The number of aliphatic hydroxyl groups excluding tert-OH is 1. The van der Waals surface area contributed by atoms with E-state index in [1.165, 1.54) is 0 Å². The molecule has 0 saturated heterocycles. The Labute approximate surface area is 117 Å². The lowest BCUT2D eigenvalue weighted by atomic mass is 9.80. The number of hydrogen-bond donors (Lipinski definition) is 2. The van der Waals surface area contributed by atoms with E-state index in [2.05, 4.69) is 5.32 Å². The molecule has 19 heavy (non-hydrogen) atoms. The van der Waals surface area contributed by atoms with E-state index in [1.54, 1.807) is 11.3 Å². The smallest absolute Gasteiger partial charge is 0.220 e. The summed E-state index contributed by atoms with van der Waals surface area (Å²) < 4.78 is 5.47. The molecule has 4 nitrogen and oxygen atoms in total. The van der Waals surface area contributed by atoms with E-state index in [0.717, 1.165) is 25.0 Å². The third kappa shape index (κ3) is 4.30. The van der Waals surface area contributed by atoms with Gasteiger partial charge in [-0.1, -0.05) is 0 Å². The predicted octanol–water partition coefficient (Wildman–Crippen LogP) is 2.10. The molecule has 106 valence electrons. The van der Waals surface area contributed by atoms with Gasteiger partial charge in [0.2, 0.25) is 5.91 Å². The zero-order valence-corrected chi connectivity index (χ0v) is 12.0. The second kappa shape index (κ2) is 7.03. The van der Waals surface area contributed by atoms with E-state index >= 15 is 0 Å². The van der Waals surface area contributed by atoms with Gasteiger partial charge in [0.15, 0.2) is 0 Å². The first kappa shape index (κ1) is 14.5. The van der Waals surface area contributed by atoms with Crippen LogP contribution in [0.2, 0.25) is 0 Å². The Morgan fingerprint density at radius 1 is 1.63 bits per heavy atom.